The first kappa shape index (κ1) is 26.6. The topological polar surface area (TPSA) is 100 Å². The fourth-order valence-corrected chi connectivity index (χ4v) is 4.22. The molecule has 4 rings (SSSR count). The number of esters is 2. The monoisotopic (exact) mass is 591 g/mol. The number of nitrogens with one attached hydrogen (secondary N) is 1. The lowest BCUT2D eigenvalue weighted by Gasteiger charge is -2.16. The number of fused-ring (bicyclic) bond motifs is 1. The summed E-state index contributed by atoms with van der Waals surface area (Å²) in [5, 5.41) is 2.91. The first-order valence-electron chi connectivity index (χ1n) is 10.8. The molecule has 2 saturated heterocycles. The van der Waals surface area contributed by atoms with Gasteiger partial charge < -0.3 is 24.3 Å². The predicted octanol–water partition coefficient (Wildman–Crippen LogP) is 3.83. The molecule has 1 N–H and O–H groups in total. The SMILES string of the molecule is C=CC(=O)O[C@H]1CO[C@H]2[C@@H]1OC[C@H]2OC(=O)C=C.Cc1cc(I)ccc1NC(=O)c1ccccc1. The van der Waals surface area contributed by atoms with Gasteiger partial charge in [0.25, 0.3) is 5.91 Å². The Bertz CT molecular complexity index is 1050. The van der Waals surface area contributed by atoms with E-state index in [0.717, 1.165) is 27.0 Å². The number of ether oxygens (including phenoxy) is 4. The molecule has 2 aliphatic heterocycles. The van der Waals surface area contributed by atoms with Gasteiger partial charge in [0.1, 0.15) is 12.2 Å². The van der Waals surface area contributed by atoms with Crippen LogP contribution in [0.5, 0.6) is 0 Å². The van der Waals surface area contributed by atoms with Crippen LogP contribution in [0.1, 0.15) is 15.9 Å². The van der Waals surface area contributed by atoms with E-state index in [0.29, 0.717) is 5.56 Å². The molecule has 0 unspecified atom stereocenters. The van der Waals surface area contributed by atoms with Crippen molar-refractivity contribution >= 4 is 46.1 Å². The quantitative estimate of drug-likeness (QED) is 0.310. The summed E-state index contributed by atoms with van der Waals surface area (Å²) in [4.78, 5) is 34.2. The highest BCUT2D eigenvalue weighted by atomic mass is 127. The highest BCUT2D eigenvalue weighted by Gasteiger charge is 2.50. The van der Waals surface area contributed by atoms with Crippen molar-refractivity contribution in [3.05, 3.63) is 88.5 Å². The molecule has 2 aromatic carbocycles. The third-order valence-electron chi connectivity index (χ3n) is 5.30. The van der Waals surface area contributed by atoms with E-state index in [4.69, 9.17) is 18.9 Å². The van der Waals surface area contributed by atoms with Crippen LogP contribution in [-0.2, 0) is 28.5 Å². The molecule has 8 nitrogen and oxygen atoms in total. The van der Waals surface area contributed by atoms with Gasteiger partial charge in [0.15, 0.2) is 12.2 Å². The third-order valence-corrected chi connectivity index (χ3v) is 5.97. The van der Waals surface area contributed by atoms with Crippen molar-refractivity contribution in [2.75, 3.05) is 18.5 Å². The van der Waals surface area contributed by atoms with Crippen LogP contribution in [-0.4, -0.2) is 55.5 Å². The van der Waals surface area contributed by atoms with Crippen molar-refractivity contribution in [2.45, 2.75) is 31.3 Å². The van der Waals surface area contributed by atoms with Gasteiger partial charge in [-0.25, -0.2) is 9.59 Å². The lowest BCUT2D eigenvalue weighted by Crippen LogP contribution is -2.35. The first-order valence-corrected chi connectivity index (χ1v) is 11.9. The number of aryl methyl sites for hydroxylation is 1. The number of hydrogen-bond acceptors (Lipinski definition) is 7. The van der Waals surface area contributed by atoms with Crippen LogP contribution >= 0.6 is 22.6 Å². The summed E-state index contributed by atoms with van der Waals surface area (Å²) >= 11 is 2.25. The van der Waals surface area contributed by atoms with Crippen molar-refractivity contribution in [3.8, 4) is 0 Å². The largest absolute Gasteiger partial charge is 0.454 e. The number of rotatable bonds is 6. The normalized spacial score (nSPS) is 22.1. The molecular weight excluding hydrogens is 565 g/mol. The second kappa shape index (κ2) is 12.6. The van der Waals surface area contributed by atoms with Gasteiger partial charge in [-0.05, 0) is 65.4 Å². The van der Waals surface area contributed by atoms with Crippen molar-refractivity contribution in [1.82, 2.24) is 0 Å². The maximum atomic E-state index is 11.9. The van der Waals surface area contributed by atoms with Crippen molar-refractivity contribution < 1.29 is 33.3 Å². The number of hydrogen-bond donors (Lipinski definition) is 1. The summed E-state index contributed by atoms with van der Waals surface area (Å²) in [7, 11) is 0. The molecule has 0 aliphatic carbocycles. The Kier molecular flexibility index (Phi) is 9.58. The van der Waals surface area contributed by atoms with E-state index >= 15 is 0 Å². The Balaban J connectivity index is 0.000000196. The molecule has 2 aromatic rings. The molecule has 1 amide bonds. The van der Waals surface area contributed by atoms with E-state index in [9.17, 15) is 14.4 Å². The van der Waals surface area contributed by atoms with Crippen LogP contribution in [0, 0.1) is 10.5 Å². The Morgan fingerprint density at radius 2 is 1.49 bits per heavy atom. The summed E-state index contributed by atoms with van der Waals surface area (Å²) in [6, 6.07) is 15.2. The minimum atomic E-state index is -0.528. The summed E-state index contributed by atoms with van der Waals surface area (Å²) in [6.45, 7) is 9.06. The molecule has 0 spiro atoms. The highest BCUT2D eigenvalue weighted by Crippen LogP contribution is 2.30. The summed E-state index contributed by atoms with van der Waals surface area (Å²) in [5.41, 5.74) is 2.60. The number of anilines is 1. The predicted molar refractivity (Wildman–Crippen MR) is 138 cm³/mol. The maximum Gasteiger partial charge on any atom is 0.330 e. The van der Waals surface area contributed by atoms with Crippen LogP contribution < -0.4 is 5.32 Å². The van der Waals surface area contributed by atoms with E-state index in [1.807, 2.05) is 43.3 Å². The first-order chi connectivity index (χ1) is 16.8. The van der Waals surface area contributed by atoms with Crippen molar-refractivity contribution in [1.29, 1.82) is 0 Å². The molecule has 0 aromatic heterocycles. The van der Waals surface area contributed by atoms with Crippen LogP contribution in [0.3, 0.4) is 0 Å². The third kappa shape index (κ3) is 7.23. The van der Waals surface area contributed by atoms with Gasteiger partial charge in [0.05, 0.1) is 13.2 Å². The Labute approximate surface area is 217 Å². The van der Waals surface area contributed by atoms with E-state index in [2.05, 4.69) is 41.1 Å². The summed E-state index contributed by atoms with van der Waals surface area (Å²) in [6.07, 6.45) is 0.364. The fourth-order valence-electron chi connectivity index (χ4n) is 3.58. The van der Waals surface area contributed by atoms with Gasteiger partial charge in [-0.1, -0.05) is 31.4 Å². The van der Waals surface area contributed by atoms with E-state index in [1.54, 1.807) is 12.1 Å². The molecule has 2 fully saturated rings. The Morgan fingerprint density at radius 1 is 0.943 bits per heavy atom. The molecule has 2 aliphatic rings. The van der Waals surface area contributed by atoms with Crippen LogP contribution in [0.25, 0.3) is 0 Å². The molecule has 35 heavy (non-hydrogen) atoms. The Morgan fingerprint density at radius 3 is 1.97 bits per heavy atom. The second-order valence-corrected chi connectivity index (χ2v) is 8.98. The minimum absolute atomic E-state index is 0.0742. The zero-order valence-electron chi connectivity index (χ0n) is 19.1. The molecule has 0 radical (unpaired) electrons. The zero-order chi connectivity index (χ0) is 25.4. The van der Waals surface area contributed by atoms with Crippen molar-refractivity contribution in [3.63, 3.8) is 0 Å². The lowest BCUT2D eigenvalue weighted by atomic mass is 10.1. The van der Waals surface area contributed by atoms with Gasteiger partial charge in [-0.3, -0.25) is 4.79 Å². The van der Waals surface area contributed by atoms with Crippen molar-refractivity contribution in [2.24, 2.45) is 0 Å². The van der Waals surface area contributed by atoms with Gasteiger partial charge in [-0.2, -0.15) is 0 Å². The number of benzene rings is 2. The van der Waals surface area contributed by atoms with E-state index < -0.39 is 36.4 Å². The van der Waals surface area contributed by atoms with Crippen LogP contribution in [0.2, 0.25) is 0 Å². The van der Waals surface area contributed by atoms with Gasteiger partial charge in [-0.15, -0.1) is 0 Å². The van der Waals surface area contributed by atoms with E-state index in [1.165, 1.54) is 0 Å². The number of carbonyl (C=O) groups excluding carboxylic acids is 3. The van der Waals surface area contributed by atoms with Crippen LogP contribution in [0.15, 0.2) is 73.8 Å². The number of carbonyl (C=O) groups is 3. The minimum Gasteiger partial charge on any atom is -0.454 e. The summed E-state index contributed by atoms with van der Waals surface area (Å²) < 4.78 is 22.2. The molecule has 9 heteroatoms. The second-order valence-electron chi connectivity index (χ2n) is 7.73. The van der Waals surface area contributed by atoms with Crippen LogP contribution in [0.4, 0.5) is 5.69 Å². The summed E-state index contributed by atoms with van der Waals surface area (Å²) in [5.74, 6) is -1.13. The molecule has 0 bridgehead atoms. The number of halogens is 1. The fraction of sp³-hybridized carbons (Fsp3) is 0.269. The molecule has 2 heterocycles. The standard InChI is InChI=1S/C14H12INO.C12H14O6/c1-10-9-12(15)7-8-13(10)16-14(17)11-5-3-2-4-6-11;1-3-9(13)17-7-5-15-12-8(6-16-11(7)12)18-10(14)4-2/h2-9H,1H3,(H,16,17);3-4,7-8,11-12H,1-2,5-6H2/t;7-,8+,11-,12-/m.1/s1. The number of amides is 1. The van der Waals surface area contributed by atoms with Gasteiger partial charge in [0.2, 0.25) is 0 Å². The molecular formula is C26H26INO7. The van der Waals surface area contributed by atoms with E-state index in [-0.39, 0.29) is 19.1 Å². The smallest absolute Gasteiger partial charge is 0.330 e. The average molecular weight is 591 g/mol. The Hall–Kier alpha value is -3.02. The average Bonchev–Trinajstić information content (AvgIpc) is 3.44. The van der Waals surface area contributed by atoms with Gasteiger partial charge >= 0.3 is 11.9 Å². The van der Waals surface area contributed by atoms with Gasteiger partial charge in [0, 0.05) is 27.0 Å². The molecule has 184 valence electrons. The lowest BCUT2D eigenvalue weighted by molar-refractivity contribution is -0.149. The maximum absolute atomic E-state index is 11.9. The molecule has 0 saturated carbocycles. The zero-order valence-corrected chi connectivity index (χ0v) is 21.3. The molecule has 4 atom stereocenters. The highest BCUT2D eigenvalue weighted by molar-refractivity contribution is 14.1.